The molecule has 2 fully saturated rings. The number of amides is 1. The van der Waals surface area contributed by atoms with Crippen LogP contribution in [-0.2, 0) is 4.74 Å². The maximum atomic E-state index is 12.3. The van der Waals surface area contributed by atoms with Gasteiger partial charge in [-0.25, -0.2) is 4.79 Å². The molecule has 8 nitrogen and oxygen atoms in total. The summed E-state index contributed by atoms with van der Waals surface area (Å²) >= 11 is 0. The zero-order valence-electron chi connectivity index (χ0n) is 14.4. The third-order valence-corrected chi connectivity index (χ3v) is 4.50. The Labute approximate surface area is 145 Å². The maximum absolute atomic E-state index is 12.3. The SMILES string of the molecule is CC(C)(C)OC(=O)N1C[C@@H]2C[C@H]1CN2c1ccc([N+](=O)[O-])c(C#N)c1. The van der Waals surface area contributed by atoms with Crippen LogP contribution in [0.1, 0.15) is 32.8 Å². The van der Waals surface area contributed by atoms with Gasteiger partial charge in [0.2, 0.25) is 0 Å². The van der Waals surface area contributed by atoms with E-state index in [2.05, 4.69) is 4.90 Å². The number of hydrogen-bond donors (Lipinski definition) is 0. The smallest absolute Gasteiger partial charge is 0.410 e. The number of anilines is 1. The molecule has 2 atom stereocenters. The number of hydrogen-bond acceptors (Lipinski definition) is 6. The van der Waals surface area contributed by atoms with Crippen LogP contribution in [0.4, 0.5) is 16.2 Å². The van der Waals surface area contributed by atoms with Gasteiger partial charge in [0, 0.05) is 30.9 Å². The van der Waals surface area contributed by atoms with Crippen molar-refractivity contribution in [3.63, 3.8) is 0 Å². The Balaban J connectivity index is 1.74. The first-order valence-corrected chi connectivity index (χ1v) is 8.14. The normalized spacial score (nSPS) is 22.0. The number of ether oxygens (including phenoxy) is 1. The van der Waals surface area contributed by atoms with Gasteiger partial charge in [-0.1, -0.05) is 0 Å². The largest absolute Gasteiger partial charge is 0.444 e. The molecule has 0 aromatic heterocycles. The molecule has 8 heteroatoms. The van der Waals surface area contributed by atoms with Gasteiger partial charge < -0.3 is 14.5 Å². The van der Waals surface area contributed by atoms with E-state index in [0.717, 1.165) is 12.1 Å². The number of nitrogens with zero attached hydrogens (tertiary/aromatic N) is 4. The molecule has 2 heterocycles. The fourth-order valence-corrected chi connectivity index (χ4v) is 3.48. The molecule has 0 N–H and O–H groups in total. The second-order valence-electron chi connectivity index (χ2n) is 7.40. The molecule has 0 spiro atoms. The molecule has 0 radical (unpaired) electrons. The van der Waals surface area contributed by atoms with E-state index in [1.165, 1.54) is 6.07 Å². The van der Waals surface area contributed by atoms with Crippen LogP contribution in [0.25, 0.3) is 0 Å². The zero-order valence-corrected chi connectivity index (χ0v) is 14.4. The van der Waals surface area contributed by atoms with E-state index in [1.807, 2.05) is 26.8 Å². The van der Waals surface area contributed by atoms with E-state index in [-0.39, 0.29) is 29.4 Å². The molecule has 2 aliphatic rings. The molecular weight excluding hydrogens is 324 g/mol. The second kappa shape index (κ2) is 5.92. The number of rotatable bonds is 2. The van der Waals surface area contributed by atoms with Crippen LogP contribution in [0.3, 0.4) is 0 Å². The van der Waals surface area contributed by atoms with Crippen molar-refractivity contribution in [3.05, 3.63) is 33.9 Å². The number of carbonyl (C=O) groups excluding carboxylic acids is 1. The summed E-state index contributed by atoms with van der Waals surface area (Å²) in [6.07, 6.45) is 0.527. The highest BCUT2D eigenvalue weighted by Crippen LogP contribution is 2.36. The lowest BCUT2D eigenvalue weighted by Gasteiger charge is -2.36. The monoisotopic (exact) mass is 344 g/mol. The quantitative estimate of drug-likeness (QED) is 0.604. The second-order valence-corrected chi connectivity index (χ2v) is 7.40. The number of benzene rings is 1. The van der Waals surface area contributed by atoms with E-state index in [4.69, 9.17) is 10.00 Å². The first kappa shape index (κ1) is 17.0. The minimum absolute atomic E-state index is 0.0503. The first-order valence-electron chi connectivity index (χ1n) is 8.14. The van der Waals surface area contributed by atoms with Gasteiger partial charge in [-0.05, 0) is 39.3 Å². The van der Waals surface area contributed by atoms with Crippen LogP contribution in [0.2, 0.25) is 0 Å². The summed E-state index contributed by atoms with van der Waals surface area (Å²) in [5.41, 5.74) is 0.109. The summed E-state index contributed by atoms with van der Waals surface area (Å²) in [6, 6.07) is 6.65. The van der Waals surface area contributed by atoms with Crippen molar-refractivity contribution in [2.75, 3.05) is 18.0 Å². The zero-order chi connectivity index (χ0) is 18.4. The Morgan fingerprint density at radius 3 is 2.60 bits per heavy atom. The van der Waals surface area contributed by atoms with Gasteiger partial charge in [-0.15, -0.1) is 0 Å². The van der Waals surface area contributed by atoms with Crippen molar-refractivity contribution in [2.45, 2.75) is 44.9 Å². The summed E-state index contributed by atoms with van der Waals surface area (Å²) in [4.78, 5) is 26.5. The molecule has 2 saturated heterocycles. The molecule has 0 saturated carbocycles. The number of piperazine rings is 1. The summed E-state index contributed by atoms with van der Waals surface area (Å²) in [7, 11) is 0. The highest BCUT2D eigenvalue weighted by Gasteiger charge is 2.46. The van der Waals surface area contributed by atoms with Crippen LogP contribution in [0, 0.1) is 21.4 Å². The van der Waals surface area contributed by atoms with Crippen LogP contribution in [-0.4, -0.2) is 46.7 Å². The number of nitriles is 1. The Hall–Kier alpha value is -2.82. The lowest BCUT2D eigenvalue weighted by atomic mass is 10.1. The van der Waals surface area contributed by atoms with Crippen molar-refractivity contribution in [1.29, 1.82) is 5.26 Å². The number of nitro groups is 1. The van der Waals surface area contributed by atoms with Crippen LogP contribution >= 0.6 is 0 Å². The van der Waals surface area contributed by atoms with Gasteiger partial charge in [-0.3, -0.25) is 10.1 Å². The lowest BCUT2D eigenvalue weighted by molar-refractivity contribution is -0.385. The van der Waals surface area contributed by atoms with Gasteiger partial charge in [0.1, 0.15) is 17.2 Å². The number of likely N-dealkylation sites (tertiary alicyclic amines) is 1. The Morgan fingerprint density at radius 1 is 1.36 bits per heavy atom. The molecule has 2 aliphatic heterocycles. The molecule has 0 aliphatic carbocycles. The van der Waals surface area contributed by atoms with Crippen molar-refractivity contribution in [2.24, 2.45) is 0 Å². The molecule has 0 unspecified atom stereocenters. The topological polar surface area (TPSA) is 99.7 Å². The fourth-order valence-electron chi connectivity index (χ4n) is 3.48. The van der Waals surface area contributed by atoms with E-state index in [9.17, 15) is 14.9 Å². The fraction of sp³-hybridized carbons (Fsp3) is 0.529. The van der Waals surface area contributed by atoms with Crippen molar-refractivity contribution < 1.29 is 14.5 Å². The molecule has 3 rings (SSSR count). The molecule has 132 valence electrons. The number of nitro benzene ring substituents is 1. The summed E-state index contributed by atoms with van der Waals surface area (Å²) in [5, 5.41) is 20.1. The molecule has 25 heavy (non-hydrogen) atoms. The van der Waals surface area contributed by atoms with Crippen LogP contribution < -0.4 is 4.90 Å². The van der Waals surface area contributed by atoms with Crippen LogP contribution in [0.15, 0.2) is 18.2 Å². The highest BCUT2D eigenvalue weighted by molar-refractivity contribution is 5.71. The van der Waals surface area contributed by atoms with E-state index >= 15 is 0 Å². The van der Waals surface area contributed by atoms with Gasteiger partial charge in [-0.2, -0.15) is 5.26 Å². The average Bonchev–Trinajstić information content (AvgIpc) is 3.12. The molecule has 1 amide bonds. The average molecular weight is 344 g/mol. The maximum Gasteiger partial charge on any atom is 0.410 e. The van der Waals surface area contributed by atoms with Crippen molar-refractivity contribution >= 4 is 17.5 Å². The third-order valence-electron chi connectivity index (χ3n) is 4.50. The molecule has 1 aromatic rings. The van der Waals surface area contributed by atoms with Gasteiger partial charge >= 0.3 is 6.09 Å². The number of fused-ring (bicyclic) bond motifs is 2. The van der Waals surface area contributed by atoms with Crippen molar-refractivity contribution in [3.8, 4) is 6.07 Å². The Morgan fingerprint density at radius 2 is 2.08 bits per heavy atom. The van der Waals surface area contributed by atoms with Crippen LogP contribution in [0.5, 0.6) is 0 Å². The summed E-state index contributed by atoms with van der Waals surface area (Å²) in [6.45, 7) is 6.70. The van der Waals surface area contributed by atoms with Crippen molar-refractivity contribution in [1.82, 2.24) is 4.90 Å². The molecular formula is C17H20N4O4. The minimum Gasteiger partial charge on any atom is -0.444 e. The molecule has 1 aromatic carbocycles. The predicted molar refractivity (Wildman–Crippen MR) is 90.3 cm³/mol. The Bertz CT molecular complexity index is 765. The number of carbonyl (C=O) groups is 1. The van der Waals surface area contributed by atoms with E-state index < -0.39 is 10.5 Å². The van der Waals surface area contributed by atoms with E-state index in [0.29, 0.717) is 13.1 Å². The third kappa shape index (κ3) is 3.22. The standard InChI is InChI=1S/C17H20N4O4/c1-17(2,3)25-16(22)20-10-13-7-14(20)9-19(13)12-4-5-15(21(23)24)11(6-12)8-18/h4-6,13-14H,7,9-10H2,1-3H3/t13-,14-/m0/s1. The van der Waals surface area contributed by atoms with Gasteiger partial charge in [0.05, 0.1) is 11.0 Å². The van der Waals surface area contributed by atoms with Gasteiger partial charge in [0.25, 0.3) is 5.69 Å². The lowest BCUT2D eigenvalue weighted by Crippen LogP contribution is -2.50. The summed E-state index contributed by atoms with van der Waals surface area (Å²) < 4.78 is 5.44. The van der Waals surface area contributed by atoms with E-state index in [1.54, 1.807) is 17.0 Å². The predicted octanol–water partition coefficient (Wildman–Crippen LogP) is 2.66. The highest BCUT2D eigenvalue weighted by atomic mass is 16.6. The Kier molecular flexibility index (Phi) is 4.03. The minimum atomic E-state index is -0.553. The first-order chi connectivity index (χ1) is 11.7. The van der Waals surface area contributed by atoms with Gasteiger partial charge in [0.15, 0.2) is 0 Å². The molecule has 2 bridgehead atoms. The summed E-state index contributed by atoms with van der Waals surface area (Å²) in [5.74, 6) is 0.